The smallest absolute Gasteiger partial charge is 0.170 e. The number of halogens is 1. The summed E-state index contributed by atoms with van der Waals surface area (Å²) in [7, 11) is 0. The summed E-state index contributed by atoms with van der Waals surface area (Å²) < 4.78 is 19.5. The number of hydrogen-bond donors (Lipinski definition) is 1. The highest BCUT2D eigenvalue weighted by molar-refractivity contribution is 5.83. The standard InChI is InChI=1S/C14H18FNO/c1-8(2)6-11-10-5-4-9(3)13(15)14(10)17-12(11)7-16/h4-5,8H,6-7,16H2,1-3H3. The highest BCUT2D eigenvalue weighted by Crippen LogP contribution is 2.31. The number of fused-ring (bicyclic) bond motifs is 1. The van der Waals surface area contributed by atoms with Crippen molar-refractivity contribution in [2.24, 2.45) is 11.7 Å². The van der Waals surface area contributed by atoms with Crippen molar-refractivity contribution in [2.75, 3.05) is 0 Å². The second-order valence-electron chi connectivity index (χ2n) is 4.88. The number of hydrogen-bond acceptors (Lipinski definition) is 2. The van der Waals surface area contributed by atoms with E-state index < -0.39 is 0 Å². The molecular weight excluding hydrogens is 217 g/mol. The third-order valence-electron chi connectivity index (χ3n) is 2.97. The molecule has 2 rings (SSSR count). The van der Waals surface area contributed by atoms with Gasteiger partial charge in [-0.15, -0.1) is 0 Å². The zero-order chi connectivity index (χ0) is 12.6. The van der Waals surface area contributed by atoms with Gasteiger partial charge >= 0.3 is 0 Å². The molecule has 1 heterocycles. The maximum Gasteiger partial charge on any atom is 0.170 e. The maximum atomic E-state index is 13.9. The fourth-order valence-electron chi connectivity index (χ4n) is 2.12. The van der Waals surface area contributed by atoms with Crippen LogP contribution in [0.25, 0.3) is 11.0 Å². The number of rotatable bonds is 3. The summed E-state index contributed by atoms with van der Waals surface area (Å²) in [6.07, 6.45) is 0.863. The summed E-state index contributed by atoms with van der Waals surface area (Å²) in [5.74, 6) is 0.927. The molecule has 0 aliphatic carbocycles. The number of aryl methyl sites for hydroxylation is 1. The molecular formula is C14H18FNO. The number of nitrogens with two attached hydrogens (primary N) is 1. The van der Waals surface area contributed by atoms with Gasteiger partial charge in [0.1, 0.15) is 5.76 Å². The van der Waals surface area contributed by atoms with Gasteiger partial charge in [0, 0.05) is 10.9 Å². The zero-order valence-corrected chi connectivity index (χ0v) is 10.5. The Kier molecular flexibility index (Phi) is 3.20. The molecule has 2 N–H and O–H groups in total. The lowest BCUT2D eigenvalue weighted by Crippen LogP contribution is -2.01. The van der Waals surface area contributed by atoms with Gasteiger partial charge in [0.2, 0.25) is 0 Å². The van der Waals surface area contributed by atoms with E-state index in [1.807, 2.05) is 6.07 Å². The molecule has 2 aromatic rings. The van der Waals surface area contributed by atoms with E-state index in [0.717, 1.165) is 17.4 Å². The van der Waals surface area contributed by atoms with E-state index in [9.17, 15) is 4.39 Å². The second kappa shape index (κ2) is 4.49. The number of furan rings is 1. The predicted molar refractivity (Wildman–Crippen MR) is 67.3 cm³/mol. The fourth-order valence-corrected chi connectivity index (χ4v) is 2.12. The van der Waals surface area contributed by atoms with Crippen LogP contribution in [-0.4, -0.2) is 0 Å². The minimum Gasteiger partial charge on any atom is -0.456 e. The molecule has 0 amide bonds. The molecule has 17 heavy (non-hydrogen) atoms. The molecule has 0 radical (unpaired) electrons. The van der Waals surface area contributed by atoms with Crippen LogP contribution < -0.4 is 5.73 Å². The largest absolute Gasteiger partial charge is 0.456 e. The predicted octanol–water partition coefficient (Wildman–Crippen LogP) is 3.54. The molecule has 0 fully saturated rings. The minimum atomic E-state index is -0.271. The lowest BCUT2D eigenvalue weighted by molar-refractivity contribution is 0.510. The van der Waals surface area contributed by atoms with Crippen molar-refractivity contribution in [2.45, 2.75) is 33.7 Å². The SMILES string of the molecule is Cc1ccc2c(CC(C)C)c(CN)oc2c1F. The van der Waals surface area contributed by atoms with Crippen molar-refractivity contribution in [1.82, 2.24) is 0 Å². The van der Waals surface area contributed by atoms with Gasteiger partial charge in [-0.05, 0) is 24.8 Å². The van der Waals surface area contributed by atoms with E-state index in [2.05, 4.69) is 13.8 Å². The molecule has 0 aliphatic heterocycles. The van der Waals surface area contributed by atoms with Crippen LogP contribution in [0.3, 0.4) is 0 Å². The molecule has 0 aliphatic rings. The van der Waals surface area contributed by atoms with E-state index in [1.165, 1.54) is 0 Å². The van der Waals surface area contributed by atoms with E-state index in [-0.39, 0.29) is 5.82 Å². The lowest BCUT2D eigenvalue weighted by Gasteiger charge is -2.04. The van der Waals surface area contributed by atoms with Gasteiger partial charge in [-0.25, -0.2) is 4.39 Å². The Bertz CT molecular complexity index is 543. The van der Waals surface area contributed by atoms with Crippen LogP contribution in [0.2, 0.25) is 0 Å². The summed E-state index contributed by atoms with van der Waals surface area (Å²) in [6.45, 7) is 6.31. The Morgan fingerprint density at radius 3 is 2.65 bits per heavy atom. The van der Waals surface area contributed by atoms with Crippen LogP contribution in [0.5, 0.6) is 0 Å². The normalized spacial score (nSPS) is 11.6. The van der Waals surface area contributed by atoms with Crippen molar-refractivity contribution >= 4 is 11.0 Å². The molecule has 1 aromatic heterocycles. The molecule has 0 atom stereocenters. The Labute approximate surface area is 101 Å². The van der Waals surface area contributed by atoms with E-state index in [0.29, 0.717) is 29.4 Å². The molecule has 92 valence electrons. The van der Waals surface area contributed by atoms with Crippen LogP contribution >= 0.6 is 0 Å². The third kappa shape index (κ3) is 2.07. The highest BCUT2D eigenvalue weighted by atomic mass is 19.1. The first-order valence-electron chi connectivity index (χ1n) is 5.94. The lowest BCUT2D eigenvalue weighted by atomic mass is 9.99. The Morgan fingerprint density at radius 2 is 2.06 bits per heavy atom. The molecule has 0 spiro atoms. The Hall–Kier alpha value is -1.35. The molecule has 0 unspecified atom stereocenters. The van der Waals surface area contributed by atoms with Crippen LogP contribution in [0, 0.1) is 18.7 Å². The fraction of sp³-hybridized carbons (Fsp3) is 0.429. The van der Waals surface area contributed by atoms with Crippen molar-refractivity contribution in [1.29, 1.82) is 0 Å². The van der Waals surface area contributed by atoms with Crippen molar-refractivity contribution < 1.29 is 8.81 Å². The van der Waals surface area contributed by atoms with Gasteiger partial charge in [-0.2, -0.15) is 0 Å². The molecule has 3 heteroatoms. The topological polar surface area (TPSA) is 39.2 Å². The van der Waals surface area contributed by atoms with Crippen molar-refractivity contribution in [3.8, 4) is 0 Å². The maximum absolute atomic E-state index is 13.9. The second-order valence-corrected chi connectivity index (χ2v) is 4.88. The first-order valence-corrected chi connectivity index (χ1v) is 5.94. The molecule has 2 nitrogen and oxygen atoms in total. The van der Waals surface area contributed by atoms with Crippen molar-refractivity contribution in [3.63, 3.8) is 0 Å². The molecule has 0 saturated carbocycles. The summed E-state index contributed by atoms with van der Waals surface area (Å²) in [5, 5.41) is 0.863. The van der Waals surface area contributed by atoms with Crippen LogP contribution in [0.15, 0.2) is 16.5 Å². The highest BCUT2D eigenvalue weighted by Gasteiger charge is 2.17. The van der Waals surface area contributed by atoms with Crippen LogP contribution in [0.1, 0.15) is 30.7 Å². The first-order chi connectivity index (χ1) is 8.04. The average Bonchev–Trinajstić information content (AvgIpc) is 2.62. The summed E-state index contributed by atoms with van der Waals surface area (Å²) in [5.41, 5.74) is 7.67. The summed E-state index contributed by atoms with van der Waals surface area (Å²) in [4.78, 5) is 0. The van der Waals surface area contributed by atoms with E-state index in [4.69, 9.17) is 10.2 Å². The van der Waals surface area contributed by atoms with E-state index in [1.54, 1.807) is 13.0 Å². The summed E-state index contributed by atoms with van der Waals surface area (Å²) >= 11 is 0. The first kappa shape index (κ1) is 12.1. The molecule has 1 aromatic carbocycles. The monoisotopic (exact) mass is 235 g/mol. The third-order valence-corrected chi connectivity index (χ3v) is 2.97. The number of benzene rings is 1. The quantitative estimate of drug-likeness (QED) is 0.883. The van der Waals surface area contributed by atoms with Gasteiger partial charge in [0.15, 0.2) is 11.4 Å². The van der Waals surface area contributed by atoms with Gasteiger partial charge in [-0.1, -0.05) is 26.0 Å². The van der Waals surface area contributed by atoms with Gasteiger partial charge in [0.05, 0.1) is 6.54 Å². The average molecular weight is 235 g/mol. The van der Waals surface area contributed by atoms with Crippen LogP contribution in [0.4, 0.5) is 4.39 Å². The Balaban J connectivity index is 2.68. The molecule has 0 bridgehead atoms. The minimum absolute atomic E-state index is 0.271. The van der Waals surface area contributed by atoms with Gasteiger partial charge in [0.25, 0.3) is 0 Å². The Morgan fingerprint density at radius 1 is 1.35 bits per heavy atom. The zero-order valence-electron chi connectivity index (χ0n) is 10.5. The summed E-state index contributed by atoms with van der Waals surface area (Å²) in [6, 6.07) is 3.71. The van der Waals surface area contributed by atoms with Crippen LogP contribution in [-0.2, 0) is 13.0 Å². The van der Waals surface area contributed by atoms with Gasteiger partial charge < -0.3 is 10.2 Å². The van der Waals surface area contributed by atoms with E-state index >= 15 is 0 Å². The molecule has 0 saturated heterocycles. The van der Waals surface area contributed by atoms with Crippen molar-refractivity contribution in [3.05, 3.63) is 34.8 Å². The van der Waals surface area contributed by atoms with Gasteiger partial charge in [-0.3, -0.25) is 0 Å².